The molecule has 2 heteroatoms. The number of hydrogen-bond donors (Lipinski definition) is 1. The highest BCUT2D eigenvalue weighted by Crippen LogP contribution is 2.15. The van der Waals surface area contributed by atoms with Gasteiger partial charge in [0.2, 0.25) is 5.91 Å². The maximum atomic E-state index is 10.8. The van der Waals surface area contributed by atoms with Crippen LogP contribution in [0.3, 0.4) is 0 Å². The van der Waals surface area contributed by atoms with Crippen LogP contribution in [0.25, 0.3) is 0 Å². The lowest BCUT2D eigenvalue weighted by molar-refractivity contribution is -0.114. The van der Waals surface area contributed by atoms with Crippen molar-refractivity contribution < 1.29 is 4.79 Å². The number of nitrogens with two attached hydrogens (primary N) is 1. The summed E-state index contributed by atoms with van der Waals surface area (Å²) in [5, 5.41) is 0. The molecule has 0 aliphatic rings. The molecule has 0 radical (unpaired) electrons. The average molecular weight is 223 g/mol. The van der Waals surface area contributed by atoms with Crippen molar-refractivity contribution in [3.8, 4) is 0 Å². The molecular formula is C14H25NO. The van der Waals surface area contributed by atoms with Gasteiger partial charge in [-0.3, -0.25) is 4.79 Å². The van der Waals surface area contributed by atoms with Crippen LogP contribution in [0.15, 0.2) is 24.3 Å². The van der Waals surface area contributed by atoms with Crippen LogP contribution in [-0.4, -0.2) is 5.91 Å². The smallest absolute Gasteiger partial charge is 0.248 e. The lowest BCUT2D eigenvalue weighted by Gasteiger charge is -2.05. The molecule has 0 bridgehead atoms. The van der Waals surface area contributed by atoms with Gasteiger partial charge < -0.3 is 5.73 Å². The maximum Gasteiger partial charge on any atom is 0.248 e. The zero-order chi connectivity index (χ0) is 12.4. The fraction of sp³-hybridized carbons (Fsp3) is 0.643. The molecule has 0 rings (SSSR count). The van der Waals surface area contributed by atoms with E-state index in [1.54, 1.807) is 0 Å². The first-order valence-corrected chi connectivity index (χ1v) is 6.26. The molecule has 0 saturated carbocycles. The number of carbonyl (C=O) groups is 1. The molecule has 0 fully saturated rings. The Bertz CT molecular complexity index is 243. The minimum atomic E-state index is -0.451. The fourth-order valence-corrected chi connectivity index (χ4v) is 1.62. The largest absolute Gasteiger partial charge is 0.366 e. The zero-order valence-corrected chi connectivity index (χ0v) is 10.6. The Kier molecular flexibility index (Phi) is 8.59. The van der Waals surface area contributed by atoms with Gasteiger partial charge in [0.15, 0.2) is 0 Å². The predicted octanol–water partition coefficient (Wildman–Crippen LogP) is 3.72. The number of primary amides is 1. The molecule has 0 aliphatic carbocycles. The second-order valence-electron chi connectivity index (χ2n) is 4.32. The lowest BCUT2D eigenvalue weighted by atomic mass is 10.0. The van der Waals surface area contributed by atoms with Gasteiger partial charge in [-0.1, -0.05) is 58.6 Å². The van der Waals surface area contributed by atoms with Crippen molar-refractivity contribution in [3.05, 3.63) is 24.3 Å². The first-order chi connectivity index (χ1) is 7.59. The van der Waals surface area contributed by atoms with Gasteiger partial charge in [-0.25, -0.2) is 0 Å². The fourth-order valence-electron chi connectivity index (χ4n) is 1.62. The van der Waals surface area contributed by atoms with Crippen molar-refractivity contribution >= 4 is 5.91 Å². The van der Waals surface area contributed by atoms with Crippen molar-refractivity contribution in [1.29, 1.82) is 0 Å². The topological polar surface area (TPSA) is 43.1 Å². The summed E-state index contributed by atoms with van der Waals surface area (Å²) in [5.74, 6) is -0.451. The molecule has 0 aromatic heterocycles. The standard InChI is InChI=1S/C14H25NO/c1-4-5-6-7-8-9-10-11-12(2)13(3)14(15)16/h2-11H2,1H3,(H2,15,16). The van der Waals surface area contributed by atoms with Crippen LogP contribution in [0.2, 0.25) is 0 Å². The summed E-state index contributed by atoms with van der Waals surface area (Å²) in [7, 11) is 0. The molecule has 0 atom stereocenters. The van der Waals surface area contributed by atoms with Gasteiger partial charge in [0.1, 0.15) is 0 Å². The summed E-state index contributed by atoms with van der Waals surface area (Å²) >= 11 is 0. The van der Waals surface area contributed by atoms with E-state index in [9.17, 15) is 4.79 Å². The highest BCUT2D eigenvalue weighted by molar-refractivity contribution is 5.95. The second-order valence-corrected chi connectivity index (χ2v) is 4.32. The van der Waals surface area contributed by atoms with Crippen molar-refractivity contribution in [2.45, 2.75) is 58.3 Å². The SMILES string of the molecule is C=C(CCCCCCCCC)C(=C)C(N)=O. The van der Waals surface area contributed by atoms with Crippen molar-refractivity contribution in [1.82, 2.24) is 0 Å². The van der Waals surface area contributed by atoms with Crippen LogP contribution >= 0.6 is 0 Å². The van der Waals surface area contributed by atoms with E-state index < -0.39 is 5.91 Å². The molecule has 2 N–H and O–H groups in total. The number of unbranched alkanes of at least 4 members (excludes halogenated alkanes) is 6. The Morgan fingerprint density at radius 1 is 1.00 bits per heavy atom. The van der Waals surface area contributed by atoms with Gasteiger partial charge in [0.25, 0.3) is 0 Å². The van der Waals surface area contributed by atoms with Gasteiger partial charge in [-0.15, -0.1) is 0 Å². The minimum absolute atomic E-state index is 0.381. The first kappa shape index (κ1) is 14.9. The summed E-state index contributed by atoms with van der Waals surface area (Å²) in [6.45, 7) is 9.66. The van der Waals surface area contributed by atoms with Gasteiger partial charge in [-0.05, 0) is 18.4 Å². The Hall–Kier alpha value is -1.05. The third kappa shape index (κ3) is 7.27. The third-order valence-corrected chi connectivity index (χ3v) is 2.81. The summed E-state index contributed by atoms with van der Waals surface area (Å²) in [4.78, 5) is 10.8. The van der Waals surface area contributed by atoms with Crippen molar-refractivity contribution in [2.24, 2.45) is 5.73 Å². The molecule has 16 heavy (non-hydrogen) atoms. The Balaban J connectivity index is 3.42. The zero-order valence-electron chi connectivity index (χ0n) is 10.6. The Morgan fingerprint density at radius 3 is 2.00 bits per heavy atom. The van der Waals surface area contributed by atoms with E-state index >= 15 is 0 Å². The molecule has 0 unspecified atom stereocenters. The van der Waals surface area contributed by atoms with E-state index in [-0.39, 0.29) is 0 Å². The normalized spacial score (nSPS) is 10.1. The van der Waals surface area contributed by atoms with Crippen LogP contribution in [0.1, 0.15) is 58.3 Å². The summed E-state index contributed by atoms with van der Waals surface area (Å²) in [6.07, 6.45) is 9.68. The predicted molar refractivity (Wildman–Crippen MR) is 70.1 cm³/mol. The van der Waals surface area contributed by atoms with Crippen LogP contribution in [0, 0.1) is 0 Å². The van der Waals surface area contributed by atoms with Gasteiger partial charge in [0, 0.05) is 5.57 Å². The van der Waals surface area contributed by atoms with E-state index in [0.717, 1.165) is 18.4 Å². The van der Waals surface area contributed by atoms with E-state index in [1.807, 2.05) is 0 Å². The Morgan fingerprint density at radius 2 is 1.50 bits per heavy atom. The van der Waals surface area contributed by atoms with E-state index in [4.69, 9.17) is 5.73 Å². The van der Waals surface area contributed by atoms with Crippen molar-refractivity contribution in [2.75, 3.05) is 0 Å². The average Bonchev–Trinajstić information content (AvgIpc) is 2.26. The summed E-state index contributed by atoms with van der Waals surface area (Å²) in [6, 6.07) is 0. The van der Waals surface area contributed by atoms with Gasteiger partial charge in [-0.2, -0.15) is 0 Å². The third-order valence-electron chi connectivity index (χ3n) is 2.81. The number of hydrogen-bond acceptors (Lipinski definition) is 1. The quantitative estimate of drug-likeness (QED) is 0.342. The maximum absolute atomic E-state index is 10.8. The minimum Gasteiger partial charge on any atom is -0.366 e. The van der Waals surface area contributed by atoms with E-state index in [0.29, 0.717) is 5.57 Å². The second kappa shape index (κ2) is 9.20. The van der Waals surface area contributed by atoms with Crippen LogP contribution < -0.4 is 5.73 Å². The molecule has 92 valence electrons. The monoisotopic (exact) mass is 223 g/mol. The molecule has 0 aliphatic heterocycles. The molecular weight excluding hydrogens is 198 g/mol. The molecule has 2 nitrogen and oxygen atoms in total. The number of amides is 1. The number of carbonyl (C=O) groups excluding carboxylic acids is 1. The van der Waals surface area contributed by atoms with Crippen LogP contribution in [-0.2, 0) is 4.79 Å². The highest BCUT2D eigenvalue weighted by atomic mass is 16.1. The number of rotatable bonds is 10. The molecule has 0 saturated heterocycles. The molecule has 0 aromatic carbocycles. The summed E-state index contributed by atoms with van der Waals surface area (Å²) in [5.41, 5.74) is 6.30. The van der Waals surface area contributed by atoms with E-state index in [2.05, 4.69) is 20.1 Å². The molecule has 1 amide bonds. The Labute approximate surface area is 99.6 Å². The summed E-state index contributed by atoms with van der Waals surface area (Å²) < 4.78 is 0. The van der Waals surface area contributed by atoms with Gasteiger partial charge >= 0.3 is 0 Å². The van der Waals surface area contributed by atoms with Crippen LogP contribution in [0.4, 0.5) is 0 Å². The van der Waals surface area contributed by atoms with Crippen LogP contribution in [0.5, 0.6) is 0 Å². The molecule has 0 spiro atoms. The van der Waals surface area contributed by atoms with Gasteiger partial charge in [0.05, 0.1) is 0 Å². The van der Waals surface area contributed by atoms with Crippen molar-refractivity contribution in [3.63, 3.8) is 0 Å². The molecule has 0 heterocycles. The highest BCUT2D eigenvalue weighted by Gasteiger charge is 2.05. The first-order valence-electron chi connectivity index (χ1n) is 6.26. The van der Waals surface area contributed by atoms with E-state index in [1.165, 1.54) is 38.5 Å². The lowest BCUT2D eigenvalue weighted by Crippen LogP contribution is -2.14. The molecule has 0 aromatic rings.